The molecule has 31 heavy (non-hydrogen) atoms. The number of hydrogen-bond donors (Lipinski definition) is 0. The third-order valence-corrected chi connectivity index (χ3v) is 7.27. The summed E-state index contributed by atoms with van der Waals surface area (Å²) in [5.41, 5.74) is 1.07. The van der Waals surface area contributed by atoms with Crippen LogP contribution in [0.5, 0.6) is 0 Å². The number of carbonyl (C=O) groups is 2. The van der Waals surface area contributed by atoms with Crippen molar-refractivity contribution < 1.29 is 22.4 Å². The second kappa shape index (κ2) is 9.18. The highest BCUT2D eigenvalue weighted by Crippen LogP contribution is 2.33. The smallest absolute Gasteiger partial charge is 0.269 e. The van der Waals surface area contributed by atoms with Crippen LogP contribution in [0.25, 0.3) is 0 Å². The molecule has 2 aromatic rings. The zero-order valence-electron chi connectivity index (χ0n) is 18.0. The molecule has 1 heterocycles. The van der Waals surface area contributed by atoms with Crippen molar-refractivity contribution in [2.24, 2.45) is 0 Å². The van der Waals surface area contributed by atoms with Crippen molar-refractivity contribution in [2.75, 3.05) is 6.54 Å². The topological polar surface area (TPSA) is 74.8 Å². The van der Waals surface area contributed by atoms with Crippen LogP contribution in [0.4, 0.5) is 4.39 Å². The van der Waals surface area contributed by atoms with E-state index in [0.717, 1.165) is 29.1 Å². The molecule has 6 nitrogen and oxygen atoms in total. The van der Waals surface area contributed by atoms with Crippen molar-refractivity contribution in [1.29, 1.82) is 0 Å². The van der Waals surface area contributed by atoms with Crippen LogP contribution in [0.15, 0.2) is 47.4 Å². The lowest BCUT2D eigenvalue weighted by molar-refractivity contribution is 0.0738. The molecule has 8 heteroatoms. The minimum Gasteiger partial charge on any atom is -0.334 e. The van der Waals surface area contributed by atoms with Crippen molar-refractivity contribution in [3.8, 4) is 0 Å². The monoisotopic (exact) mass is 446 g/mol. The number of benzene rings is 2. The molecule has 2 aromatic carbocycles. The highest BCUT2D eigenvalue weighted by Gasteiger charge is 2.43. The van der Waals surface area contributed by atoms with Gasteiger partial charge in [-0.25, -0.2) is 17.1 Å². The number of nitrogens with zero attached hydrogens (tertiary/aromatic N) is 2. The van der Waals surface area contributed by atoms with E-state index >= 15 is 0 Å². The Bertz CT molecular complexity index is 1080. The van der Waals surface area contributed by atoms with Gasteiger partial charge < -0.3 is 4.90 Å². The van der Waals surface area contributed by atoms with E-state index in [0.29, 0.717) is 6.54 Å². The number of carbonyl (C=O) groups excluding carboxylic acids is 2. The SMILES string of the molecule is CCCCCN(Cc1ccc(F)cc1)C(=O)c1ccc2c(c1)S(=O)(=O)N(C(C)C)C2=O. The van der Waals surface area contributed by atoms with Gasteiger partial charge in [0.15, 0.2) is 0 Å². The number of sulfonamides is 1. The Hall–Kier alpha value is -2.74. The highest BCUT2D eigenvalue weighted by molar-refractivity contribution is 7.90. The average Bonchev–Trinajstić information content (AvgIpc) is 2.93. The molecule has 0 fully saturated rings. The van der Waals surface area contributed by atoms with Crippen molar-refractivity contribution in [3.63, 3.8) is 0 Å². The lowest BCUT2D eigenvalue weighted by Crippen LogP contribution is -2.36. The molecule has 0 radical (unpaired) electrons. The molecule has 0 aromatic heterocycles. The van der Waals surface area contributed by atoms with Gasteiger partial charge in [-0.2, -0.15) is 0 Å². The Morgan fingerprint density at radius 3 is 2.39 bits per heavy atom. The van der Waals surface area contributed by atoms with E-state index in [2.05, 4.69) is 6.92 Å². The summed E-state index contributed by atoms with van der Waals surface area (Å²) in [4.78, 5) is 27.3. The molecule has 0 atom stereocenters. The van der Waals surface area contributed by atoms with E-state index in [4.69, 9.17) is 0 Å². The number of amides is 2. The summed E-state index contributed by atoms with van der Waals surface area (Å²) in [6.07, 6.45) is 2.73. The number of fused-ring (bicyclic) bond motifs is 1. The van der Waals surface area contributed by atoms with E-state index in [1.54, 1.807) is 30.9 Å². The molecule has 1 aliphatic rings. The third-order valence-electron chi connectivity index (χ3n) is 5.27. The molecule has 0 aliphatic carbocycles. The number of rotatable bonds is 8. The molecule has 0 bridgehead atoms. The highest BCUT2D eigenvalue weighted by atomic mass is 32.2. The van der Waals surface area contributed by atoms with E-state index in [9.17, 15) is 22.4 Å². The van der Waals surface area contributed by atoms with Crippen LogP contribution in [-0.2, 0) is 16.6 Å². The fourth-order valence-electron chi connectivity index (χ4n) is 3.69. The van der Waals surface area contributed by atoms with Crippen LogP contribution in [0, 0.1) is 5.82 Å². The molecule has 0 unspecified atom stereocenters. The molecule has 0 saturated heterocycles. The van der Waals surface area contributed by atoms with Gasteiger partial charge in [-0.3, -0.25) is 9.59 Å². The lowest BCUT2D eigenvalue weighted by Gasteiger charge is -2.23. The van der Waals surface area contributed by atoms with Crippen LogP contribution < -0.4 is 0 Å². The average molecular weight is 447 g/mol. The molecule has 166 valence electrons. The van der Waals surface area contributed by atoms with Gasteiger partial charge in [0.05, 0.1) is 5.56 Å². The number of hydrogen-bond acceptors (Lipinski definition) is 4. The Morgan fingerprint density at radius 1 is 1.10 bits per heavy atom. The Labute approximate surface area is 182 Å². The minimum absolute atomic E-state index is 0.0846. The Kier molecular flexibility index (Phi) is 6.79. The number of unbranched alkanes of at least 4 members (excludes halogenated alkanes) is 2. The summed E-state index contributed by atoms with van der Waals surface area (Å²) in [5, 5.41) is 0. The van der Waals surface area contributed by atoms with Crippen molar-refractivity contribution in [1.82, 2.24) is 9.21 Å². The van der Waals surface area contributed by atoms with Crippen LogP contribution in [0.3, 0.4) is 0 Å². The van der Waals surface area contributed by atoms with Gasteiger partial charge in [0, 0.05) is 24.7 Å². The lowest BCUT2D eigenvalue weighted by atomic mass is 10.1. The molecule has 0 saturated carbocycles. The van der Waals surface area contributed by atoms with Gasteiger partial charge in [0.1, 0.15) is 10.7 Å². The zero-order chi connectivity index (χ0) is 22.8. The summed E-state index contributed by atoms with van der Waals surface area (Å²) < 4.78 is 39.8. The summed E-state index contributed by atoms with van der Waals surface area (Å²) in [7, 11) is -3.99. The normalized spacial score (nSPS) is 14.7. The zero-order valence-corrected chi connectivity index (χ0v) is 18.8. The maximum atomic E-state index is 13.3. The predicted molar refractivity (Wildman–Crippen MR) is 116 cm³/mol. The quantitative estimate of drug-likeness (QED) is 0.569. The van der Waals surface area contributed by atoms with Gasteiger partial charge in [-0.1, -0.05) is 31.9 Å². The molecule has 0 N–H and O–H groups in total. The molecule has 1 aliphatic heterocycles. The van der Waals surface area contributed by atoms with Crippen LogP contribution in [0.1, 0.15) is 66.3 Å². The molecular weight excluding hydrogens is 419 g/mol. The van der Waals surface area contributed by atoms with E-state index in [1.807, 2.05) is 0 Å². The summed E-state index contributed by atoms with van der Waals surface area (Å²) in [6, 6.07) is 9.63. The number of halogens is 1. The van der Waals surface area contributed by atoms with Crippen LogP contribution >= 0.6 is 0 Å². The first kappa shape index (κ1) is 22.9. The van der Waals surface area contributed by atoms with Crippen molar-refractivity contribution >= 4 is 21.8 Å². The molecular formula is C23H27FN2O4S. The van der Waals surface area contributed by atoms with E-state index in [1.165, 1.54) is 30.3 Å². The Morgan fingerprint density at radius 2 is 1.77 bits per heavy atom. The van der Waals surface area contributed by atoms with Gasteiger partial charge in [-0.15, -0.1) is 0 Å². The van der Waals surface area contributed by atoms with Crippen LogP contribution in [-0.4, -0.2) is 42.0 Å². The van der Waals surface area contributed by atoms with E-state index in [-0.39, 0.29) is 34.3 Å². The third kappa shape index (κ3) is 4.63. The first-order valence-corrected chi connectivity index (χ1v) is 11.9. The molecule has 2 amide bonds. The largest absolute Gasteiger partial charge is 0.334 e. The summed E-state index contributed by atoms with van der Waals surface area (Å²) >= 11 is 0. The van der Waals surface area contributed by atoms with Crippen molar-refractivity contribution in [2.45, 2.75) is 57.5 Å². The first-order valence-electron chi connectivity index (χ1n) is 10.4. The maximum absolute atomic E-state index is 13.3. The van der Waals surface area contributed by atoms with Crippen molar-refractivity contribution in [3.05, 3.63) is 65.0 Å². The van der Waals surface area contributed by atoms with E-state index < -0.39 is 22.0 Å². The molecule has 0 spiro atoms. The minimum atomic E-state index is -3.99. The fourth-order valence-corrected chi connectivity index (χ4v) is 5.48. The standard InChI is InChI=1S/C23H27FN2O4S/c1-4-5-6-13-25(15-17-7-10-19(24)11-8-17)22(27)18-9-12-20-21(14-18)31(29,30)26(16(2)3)23(20)28/h7-12,14,16H,4-6,13,15H2,1-3H3. The van der Waals surface area contributed by atoms with Gasteiger partial charge in [0.25, 0.3) is 21.8 Å². The Balaban J connectivity index is 1.92. The van der Waals surface area contributed by atoms with Gasteiger partial charge >= 0.3 is 0 Å². The second-order valence-corrected chi connectivity index (χ2v) is 9.75. The maximum Gasteiger partial charge on any atom is 0.269 e. The van der Waals surface area contributed by atoms with Gasteiger partial charge in [-0.05, 0) is 56.2 Å². The fraction of sp³-hybridized carbons (Fsp3) is 0.391. The first-order chi connectivity index (χ1) is 14.7. The summed E-state index contributed by atoms with van der Waals surface area (Å²) in [6.45, 7) is 6.10. The van der Waals surface area contributed by atoms with Crippen LogP contribution in [0.2, 0.25) is 0 Å². The van der Waals surface area contributed by atoms with Gasteiger partial charge in [0.2, 0.25) is 0 Å². The second-order valence-electron chi connectivity index (χ2n) is 7.97. The predicted octanol–water partition coefficient (Wildman–Crippen LogP) is 4.21. The summed E-state index contributed by atoms with van der Waals surface area (Å²) in [5.74, 6) is -1.25. The molecule has 3 rings (SSSR count).